The van der Waals surface area contributed by atoms with Crippen molar-refractivity contribution >= 4 is 0 Å². The van der Waals surface area contributed by atoms with Gasteiger partial charge in [-0.05, 0) is 37.5 Å². The summed E-state index contributed by atoms with van der Waals surface area (Å²) in [5, 5.41) is 14.3. The SMILES string of the molecule is Cc1ncc(CNCC2(C(O)c3ccccc3)CC2)n1-c1ccccc1. The van der Waals surface area contributed by atoms with E-state index < -0.39 is 6.10 Å². The van der Waals surface area contributed by atoms with Crippen molar-refractivity contribution in [1.29, 1.82) is 0 Å². The first-order valence-electron chi connectivity index (χ1n) is 9.22. The van der Waals surface area contributed by atoms with Crippen LogP contribution in [0.15, 0.2) is 66.9 Å². The van der Waals surface area contributed by atoms with Crippen LogP contribution in [-0.2, 0) is 6.54 Å². The molecule has 0 radical (unpaired) electrons. The number of nitrogens with zero attached hydrogens (tertiary/aromatic N) is 2. The fourth-order valence-corrected chi connectivity index (χ4v) is 3.68. The fraction of sp³-hybridized carbons (Fsp3) is 0.318. The standard InChI is InChI=1S/C22H25N3O/c1-17-24-15-20(25(17)19-10-6-3-7-11-19)14-23-16-22(12-13-22)21(26)18-8-4-2-5-9-18/h2-11,15,21,23,26H,12-14,16H2,1H3. The van der Waals surface area contributed by atoms with Crippen molar-refractivity contribution in [3.63, 3.8) is 0 Å². The van der Waals surface area contributed by atoms with Gasteiger partial charge in [0, 0.05) is 24.2 Å². The number of nitrogens with one attached hydrogen (secondary N) is 1. The number of hydrogen-bond acceptors (Lipinski definition) is 3. The molecule has 1 fully saturated rings. The number of hydrogen-bond donors (Lipinski definition) is 2. The Bertz CT molecular complexity index is 854. The summed E-state index contributed by atoms with van der Waals surface area (Å²) in [5.41, 5.74) is 3.24. The lowest BCUT2D eigenvalue weighted by atomic mass is 9.92. The fourth-order valence-electron chi connectivity index (χ4n) is 3.68. The lowest BCUT2D eigenvalue weighted by Crippen LogP contribution is -2.29. The van der Waals surface area contributed by atoms with Gasteiger partial charge in [0.15, 0.2) is 0 Å². The third-order valence-electron chi connectivity index (χ3n) is 5.40. The molecule has 4 heteroatoms. The van der Waals surface area contributed by atoms with Gasteiger partial charge in [0.25, 0.3) is 0 Å². The second-order valence-electron chi connectivity index (χ2n) is 7.25. The van der Waals surface area contributed by atoms with E-state index >= 15 is 0 Å². The van der Waals surface area contributed by atoms with E-state index in [1.807, 2.05) is 61.7 Å². The topological polar surface area (TPSA) is 50.1 Å². The highest BCUT2D eigenvalue weighted by Crippen LogP contribution is 2.54. The van der Waals surface area contributed by atoms with Gasteiger partial charge in [0.2, 0.25) is 0 Å². The highest BCUT2D eigenvalue weighted by Gasteiger charge is 2.48. The van der Waals surface area contributed by atoms with Crippen LogP contribution in [0.2, 0.25) is 0 Å². The average Bonchev–Trinajstić information content (AvgIpc) is 3.39. The zero-order valence-electron chi connectivity index (χ0n) is 15.1. The normalized spacial score (nSPS) is 16.4. The van der Waals surface area contributed by atoms with E-state index in [1.165, 1.54) is 0 Å². The maximum absolute atomic E-state index is 10.8. The number of rotatable bonds is 7. The number of aliphatic hydroxyl groups is 1. The summed E-state index contributed by atoms with van der Waals surface area (Å²) in [4.78, 5) is 4.48. The molecule has 0 saturated heterocycles. The quantitative estimate of drug-likeness (QED) is 0.684. The molecule has 26 heavy (non-hydrogen) atoms. The van der Waals surface area contributed by atoms with Gasteiger partial charge in [-0.25, -0.2) is 4.98 Å². The lowest BCUT2D eigenvalue weighted by molar-refractivity contribution is 0.0916. The first-order valence-corrected chi connectivity index (χ1v) is 9.22. The first-order chi connectivity index (χ1) is 12.7. The number of para-hydroxylation sites is 1. The number of aromatic nitrogens is 2. The Morgan fingerprint density at radius 2 is 1.73 bits per heavy atom. The van der Waals surface area contributed by atoms with Crippen molar-refractivity contribution in [3.8, 4) is 5.69 Å². The van der Waals surface area contributed by atoms with Crippen LogP contribution in [0.4, 0.5) is 0 Å². The van der Waals surface area contributed by atoms with Crippen LogP contribution in [0.25, 0.3) is 5.69 Å². The van der Waals surface area contributed by atoms with Crippen molar-refractivity contribution in [1.82, 2.24) is 14.9 Å². The highest BCUT2D eigenvalue weighted by molar-refractivity contribution is 5.35. The third kappa shape index (κ3) is 3.30. The number of imidazole rings is 1. The van der Waals surface area contributed by atoms with Gasteiger partial charge >= 0.3 is 0 Å². The van der Waals surface area contributed by atoms with Crippen molar-refractivity contribution in [3.05, 3.63) is 83.9 Å². The Hall–Kier alpha value is -2.43. The number of aliphatic hydroxyl groups excluding tert-OH is 1. The predicted octanol–water partition coefficient (Wildman–Crippen LogP) is 3.78. The summed E-state index contributed by atoms with van der Waals surface area (Å²) >= 11 is 0. The maximum Gasteiger partial charge on any atom is 0.110 e. The molecule has 1 aliphatic rings. The molecule has 1 aliphatic carbocycles. The molecule has 1 aromatic heterocycles. The first kappa shape index (κ1) is 17.0. The molecular formula is C22H25N3O. The molecule has 0 bridgehead atoms. The van der Waals surface area contributed by atoms with Gasteiger partial charge in [-0.3, -0.25) is 4.57 Å². The van der Waals surface area contributed by atoms with Crippen LogP contribution in [-0.4, -0.2) is 21.2 Å². The summed E-state index contributed by atoms with van der Waals surface area (Å²) in [6.07, 6.45) is 3.65. The molecule has 0 aliphatic heterocycles. The molecule has 0 amide bonds. The van der Waals surface area contributed by atoms with E-state index in [0.717, 1.165) is 48.7 Å². The minimum Gasteiger partial charge on any atom is -0.388 e. The van der Waals surface area contributed by atoms with Crippen LogP contribution in [0.5, 0.6) is 0 Å². The minimum absolute atomic E-state index is 0.0337. The summed E-state index contributed by atoms with van der Waals surface area (Å²) < 4.78 is 2.18. The van der Waals surface area contributed by atoms with Crippen molar-refractivity contribution < 1.29 is 5.11 Å². The number of benzene rings is 2. The van der Waals surface area contributed by atoms with Crippen LogP contribution in [0, 0.1) is 12.3 Å². The molecule has 4 nitrogen and oxygen atoms in total. The zero-order chi connectivity index (χ0) is 18.0. The minimum atomic E-state index is -0.406. The van der Waals surface area contributed by atoms with Crippen molar-refractivity contribution in [2.24, 2.45) is 5.41 Å². The van der Waals surface area contributed by atoms with E-state index in [4.69, 9.17) is 0 Å². The molecule has 1 saturated carbocycles. The van der Waals surface area contributed by atoms with Crippen LogP contribution < -0.4 is 5.32 Å². The molecule has 134 valence electrons. The van der Waals surface area contributed by atoms with Gasteiger partial charge in [0.1, 0.15) is 5.82 Å². The molecule has 1 heterocycles. The Morgan fingerprint density at radius 3 is 2.38 bits per heavy atom. The van der Waals surface area contributed by atoms with E-state index in [-0.39, 0.29) is 5.41 Å². The maximum atomic E-state index is 10.8. The monoisotopic (exact) mass is 347 g/mol. The van der Waals surface area contributed by atoms with Crippen LogP contribution in [0.3, 0.4) is 0 Å². The van der Waals surface area contributed by atoms with E-state index in [1.54, 1.807) is 0 Å². The Balaban J connectivity index is 1.43. The highest BCUT2D eigenvalue weighted by atomic mass is 16.3. The second-order valence-corrected chi connectivity index (χ2v) is 7.25. The molecule has 3 aromatic rings. The molecule has 4 rings (SSSR count). The average molecular weight is 347 g/mol. The predicted molar refractivity (Wildman–Crippen MR) is 103 cm³/mol. The third-order valence-corrected chi connectivity index (χ3v) is 5.40. The second kappa shape index (κ2) is 7.06. The lowest BCUT2D eigenvalue weighted by Gasteiger charge is -2.23. The molecule has 2 N–H and O–H groups in total. The Morgan fingerprint density at radius 1 is 1.08 bits per heavy atom. The molecule has 0 spiro atoms. The van der Waals surface area contributed by atoms with Crippen molar-refractivity contribution in [2.45, 2.75) is 32.4 Å². The molecule has 1 atom stereocenters. The van der Waals surface area contributed by atoms with Gasteiger partial charge < -0.3 is 10.4 Å². The summed E-state index contributed by atoms with van der Waals surface area (Å²) in [7, 11) is 0. The largest absolute Gasteiger partial charge is 0.388 e. The zero-order valence-corrected chi connectivity index (χ0v) is 15.1. The van der Waals surface area contributed by atoms with Crippen LogP contribution in [0.1, 0.15) is 36.0 Å². The summed E-state index contributed by atoms with van der Waals surface area (Å²) in [6.45, 7) is 3.57. The van der Waals surface area contributed by atoms with E-state index in [0.29, 0.717) is 0 Å². The van der Waals surface area contributed by atoms with E-state index in [9.17, 15) is 5.11 Å². The smallest absolute Gasteiger partial charge is 0.110 e. The van der Waals surface area contributed by atoms with Gasteiger partial charge in [-0.1, -0.05) is 48.5 Å². The molecular weight excluding hydrogens is 322 g/mol. The molecule has 2 aromatic carbocycles. The van der Waals surface area contributed by atoms with Crippen LogP contribution >= 0.6 is 0 Å². The Labute approximate surface area is 154 Å². The number of aryl methyl sites for hydroxylation is 1. The van der Waals surface area contributed by atoms with Gasteiger partial charge in [-0.2, -0.15) is 0 Å². The Kier molecular flexibility index (Phi) is 4.62. The van der Waals surface area contributed by atoms with Gasteiger partial charge in [0.05, 0.1) is 18.0 Å². The summed E-state index contributed by atoms with van der Waals surface area (Å²) in [6, 6.07) is 20.3. The van der Waals surface area contributed by atoms with Crippen molar-refractivity contribution in [2.75, 3.05) is 6.54 Å². The van der Waals surface area contributed by atoms with Gasteiger partial charge in [-0.15, -0.1) is 0 Å². The molecule has 1 unspecified atom stereocenters. The summed E-state index contributed by atoms with van der Waals surface area (Å²) in [5.74, 6) is 0.985. The van der Waals surface area contributed by atoms with E-state index in [2.05, 4.69) is 27.0 Å².